The number of likely N-dealkylation sites (tertiary alicyclic amines) is 3. The molecule has 0 aromatic heterocycles. The highest BCUT2D eigenvalue weighted by atomic mass is 35.5. The third-order valence-electron chi connectivity index (χ3n) is 16.9. The molecule has 0 bridgehead atoms. The Morgan fingerprint density at radius 2 is 1.13 bits per heavy atom. The summed E-state index contributed by atoms with van der Waals surface area (Å²) >= 11 is 12.2. The Bertz CT molecular complexity index is 3390. The van der Waals surface area contributed by atoms with Gasteiger partial charge in [-0.25, -0.2) is 4.39 Å². The van der Waals surface area contributed by atoms with E-state index in [0.717, 1.165) is 16.0 Å². The summed E-state index contributed by atoms with van der Waals surface area (Å²) in [4.78, 5) is 129. The van der Waals surface area contributed by atoms with Crippen LogP contribution >= 0.6 is 23.2 Å². The first kappa shape index (κ1) is 60.4. The molecule has 85 heavy (non-hydrogen) atoms. The van der Waals surface area contributed by atoms with Crippen molar-refractivity contribution in [2.45, 2.75) is 119 Å². The lowest BCUT2D eigenvalue weighted by Crippen LogP contribution is -2.68. The van der Waals surface area contributed by atoms with Gasteiger partial charge < -0.3 is 44.9 Å². The Hall–Kier alpha value is -7.68. The topological polar surface area (TPSA) is 232 Å². The number of nitrogens with two attached hydrogens (primary N) is 1. The van der Waals surface area contributed by atoms with E-state index in [-0.39, 0.29) is 86.0 Å². The number of amides is 6. The zero-order valence-corrected chi connectivity index (χ0v) is 48.6. The summed E-state index contributed by atoms with van der Waals surface area (Å²) in [5.41, 5.74) is 7.39. The summed E-state index contributed by atoms with van der Waals surface area (Å²) in [7, 11) is 0. The van der Waals surface area contributed by atoms with Crippen LogP contribution in [0.5, 0.6) is 0 Å². The minimum absolute atomic E-state index is 0.0235. The SMILES string of the molecule is CC(C)(C)c1ccc(C(=O)NC(Cc2ccc(Cl)cc2)C(=O)N2CCC3OCC(=O)C32)cc1.NC(=O)C12C(=O)COC1CCN2C(=O)C(Cc1ccc(F)cc1)N(C(=O)c1ccccc1)C(Cc1ccc(Cl)cc1)C(=O)N1CCC2OCC(=O)C21. The third-order valence-corrected chi connectivity index (χ3v) is 17.4. The number of carbonyl (C=O) groups is 9. The Kier molecular flexibility index (Phi) is 17.9. The van der Waals surface area contributed by atoms with Crippen molar-refractivity contribution in [1.82, 2.24) is 24.9 Å². The van der Waals surface area contributed by atoms with E-state index in [2.05, 4.69) is 26.1 Å². The molecular weight excluding hydrogens is 1130 g/mol. The van der Waals surface area contributed by atoms with Crippen LogP contribution in [0.3, 0.4) is 0 Å². The molecule has 18 nitrogen and oxygen atoms in total. The molecule has 6 heterocycles. The van der Waals surface area contributed by atoms with E-state index in [1.54, 1.807) is 83.8 Å². The maximum Gasteiger partial charge on any atom is 0.255 e. The van der Waals surface area contributed by atoms with Crippen molar-refractivity contribution in [3.8, 4) is 0 Å². The predicted molar refractivity (Wildman–Crippen MR) is 310 cm³/mol. The van der Waals surface area contributed by atoms with Gasteiger partial charge in [0.05, 0.1) is 18.3 Å². The van der Waals surface area contributed by atoms with Crippen LogP contribution in [-0.2, 0) is 72.4 Å². The molecule has 21 heteroatoms. The fourth-order valence-corrected chi connectivity index (χ4v) is 12.8. The van der Waals surface area contributed by atoms with Gasteiger partial charge in [0, 0.05) is 60.1 Å². The molecule has 3 N–H and O–H groups in total. The van der Waals surface area contributed by atoms with E-state index in [4.69, 9.17) is 43.1 Å². The summed E-state index contributed by atoms with van der Waals surface area (Å²) in [6.07, 6.45) is -0.638. The number of ketones is 3. The number of carbonyl (C=O) groups excluding carboxylic acids is 9. The zero-order valence-electron chi connectivity index (χ0n) is 47.1. The number of benzene rings is 5. The summed E-state index contributed by atoms with van der Waals surface area (Å²) in [6, 6.07) is 29.5. The number of primary amides is 1. The van der Waals surface area contributed by atoms with Crippen molar-refractivity contribution in [3.05, 3.63) is 177 Å². The highest BCUT2D eigenvalue weighted by Crippen LogP contribution is 2.40. The Labute approximate surface area is 501 Å². The number of halogens is 3. The third kappa shape index (κ3) is 12.4. The van der Waals surface area contributed by atoms with Crippen LogP contribution in [0.2, 0.25) is 10.0 Å². The first-order valence-corrected chi connectivity index (χ1v) is 29.1. The number of ether oxygens (including phenoxy) is 3. The van der Waals surface area contributed by atoms with Gasteiger partial charge >= 0.3 is 0 Å². The molecule has 0 radical (unpaired) electrons. The second kappa shape index (κ2) is 25.1. The van der Waals surface area contributed by atoms with Gasteiger partial charge in [-0.3, -0.25) is 43.2 Å². The van der Waals surface area contributed by atoms with E-state index >= 15 is 9.59 Å². The van der Waals surface area contributed by atoms with Crippen molar-refractivity contribution >= 4 is 76.0 Å². The number of nitrogens with one attached hydrogen (secondary N) is 1. The lowest BCUT2D eigenvalue weighted by atomic mass is 9.86. The fourth-order valence-electron chi connectivity index (χ4n) is 12.5. The van der Waals surface area contributed by atoms with Gasteiger partial charge in [-0.15, -0.1) is 0 Å². The molecule has 5 aromatic carbocycles. The quantitative estimate of drug-likeness (QED) is 0.121. The number of Topliss-reactive ketones (excluding diaryl/α,β-unsaturated/α-hetero) is 3. The zero-order chi connectivity index (χ0) is 60.5. The van der Waals surface area contributed by atoms with Gasteiger partial charge in [-0.1, -0.05) is 111 Å². The normalized spacial score (nSPS) is 23.3. The Morgan fingerprint density at radius 1 is 0.624 bits per heavy atom. The molecule has 5 aromatic rings. The van der Waals surface area contributed by atoms with Gasteiger partial charge in [-0.2, -0.15) is 0 Å². The van der Waals surface area contributed by atoms with Crippen molar-refractivity contribution < 1.29 is 61.8 Å². The number of hydrogen-bond acceptors (Lipinski definition) is 12. The van der Waals surface area contributed by atoms with Crippen LogP contribution in [0.4, 0.5) is 4.39 Å². The number of rotatable bonds is 15. The lowest BCUT2D eigenvalue weighted by molar-refractivity contribution is -0.154. The number of nitrogens with zero attached hydrogens (tertiary/aromatic N) is 4. The van der Waals surface area contributed by atoms with Crippen molar-refractivity contribution in [2.75, 3.05) is 39.5 Å². The standard InChI is InChI=1S/C38H36ClFN4O8.C26H29ClN2O4/c39-25-10-6-22(7-11-25)18-27(35(48)42-16-14-30-33(42)29(45)20-51-30)44(34(47)24-4-2-1-3-5-24)28(19-23-8-12-26(40)13-9-23)36(49)43-17-15-32-38(43,37(41)50)31(46)21-52-32;1-26(2,3)18-8-6-17(7-9-18)24(31)28-20(14-16-4-10-19(27)11-5-16)25(32)29-13-12-22-23(29)21(30)15-33-22/h1-13,27-28,30,32-33H,14-21H2,(H2,41,50);4-11,20,22-23H,12-15H2,1-3H3,(H,28,31). The Morgan fingerprint density at radius 3 is 1.66 bits per heavy atom. The smallest absolute Gasteiger partial charge is 0.255 e. The Balaban J connectivity index is 0.000000209. The van der Waals surface area contributed by atoms with E-state index in [1.165, 1.54) is 34.1 Å². The maximum atomic E-state index is 15.2. The van der Waals surface area contributed by atoms with Crippen LogP contribution < -0.4 is 11.1 Å². The molecule has 0 aliphatic carbocycles. The molecule has 6 aliphatic heterocycles. The summed E-state index contributed by atoms with van der Waals surface area (Å²) in [6.45, 7) is 6.30. The average Bonchev–Trinajstić information content (AvgIpc) is 1.68. The highest BCUT2D eigenvalue weighted by molar-refractivity contribution is 6.30. The first-order valence-electron chi connectivity index (χ1n) is 28.3. The summed E-state index contributed by atoms with van der Waals surface area (Å²) < 4.78 is 31.0. The fraction of sp³-hybridized carbons (Fsp3) is 0.391. The second-order valence-corrected chi connectivity index (χ2v) is 24.1. The van der Waals surface area contributed by atoms with Crippen molar-refractivity contribution in [1.29, 1.82) is 0 Å². The van der Waals surface area contributed by atoms with Gasteiger partial charge in [0.25, 0.3) is 17.7 Å². The highest BCUT2D eigenvalue weighted by Gasteiger charge is 2.66. The van der Waals surface area contributed by atoms with Crippen molar-refractivity contribution in [2.24, 2.45) is 5.73 Å². The van der Waals surface area contributed by atoms with Gasteiger partial charge in [-0.05, 0) is 108 Å². The minimum Gasteiger partial charge on any atom is -0.368 e. The van der Waals surface area contributed by atoms with Gasteiger partial charge in [0.2, 0.25) is 23.3 Å². The van der Waals surface area contributed by atoms with Crippen LogP contribution in [0.25, 0.3) is 0 Å². The molecule has 6 aliphatic rings. The number of hydrogen-bond donors (Lipinski definition) is 2. The number of fused-ring (bicyclic) bond motifs is 3. The van der Waals surface area contributed by atoms with Crippen molar-refractivity contribution in [3.63, 3.8) is 0 Å². The summed E-state index contributed by atoms with van der Waals surface area (Å²) in [5.74, 6) is -5.34. The van der Waals surface area contributed by atoms with E-state index in [1.807, 2.05) is 24.3 Å². The van der Waals surface area contributed by atoms with Gasteiger partial charge in [0.15, 0.2) is 17.3 Å². The molecule has 9 unspecified atom stereocenters. The molecular formula is C64H65Cl2FN6O12. The maximum absolute atomic E-state index is 15.2. The monoisotopic (exact) mass is 1200 g/mol. The molecule has 444 valence electrons. The van der Waals surface area contributed by atoms with Crippen LogP contribution in [0, 0.1) is 5.82 Å². The van der Waals surface area contributed by atoms with Gasteiger partial charge in [0.1, 0.15) is 55.8 Å². The molecule has 0 saturated carbocycles. The first-order chi connectivity index (χ1) is 40.6. The average molecular weight is 1200 g/mol. The van der Waals surface area contributed by atoms with Crippen LogP contribution in [0.1, 0.15) is 83.0 Å². The molecule has 6 fully saturated rings. The molecule has 9 atom stereocenters. The predicted octanol–water partition coefficient (Wildman–Crippen LogP) is 5.68. The molecule has 6 amide bonds. The van der Waals surface area contributed by atoms with Crippen LogP contribution in [0.15, 0.2) is 127 Å². The van der Waals surface area contributed by atoms with E-state index in [0.29, 0.717) is 52.5 Å². The molecule has 0 spiro atoms. The molecule has 11 rings (SSSR count). The summed E-state index contributed by atoms with van der Waals surface area (Å²) in [5, 5.41) is 3.95. The van der Waals surface area contributed by atoms with E-state index in [9.17, 15) is 38.0 Å². The minimum atomic E-state index is -2.12. The van der Waals surface area contributed by atoms with Crippen LogP contribution in [-0.4, -0.2) is 166 Å². The second-order valence-electron chi connectivity index (χ2n) is 23.2. The molecule has 6 saturated heterocycles. The lowest BCUT2D eigenvalue weighted by Gasteiger charge is -2.42. The van der Waals surface area contributed by atoms with E-state index < -0.39 is 89.8 Å². The largest absolute Gasteiger partial charge is 0.368 e.